The molecule has 5 nitrogen and oxygen atoms in total. The number of halogens is 1. The second kappa shape index (κ2) is 8.33. The van der Waals surface area contributed by atoms with Crippen molar-refractivity contribution in [2.24, 2.45) is 17.6 Å². The van der Waals surface area contributed by atoms with Crippen molar-refractivity contribution in [2.75, 3.05) is 20.2 Å². The first kappa shape index (κ1) is 20.2. The number of ether oxygens (including phenoxy) is 1. The quantitative estimate of drug-likeness (QED) is 0.771. The van der Waals surface area contributed by atoms with E-state index in [0.29, 0.717) is 30.7 Å². The van der Waals surface area contributed by atoms with Crippen LogP contribution < -0.4 is 10.5 Å². The van der Waals surface area contributed by atoms with Gasteiger partial charge in [-0.25, -0.2) is 8.42 Å². The minimum Gasteiger partial charge on any atom is -0.493 e. The van der Waals surface area contributed by atoms with Crippen LogP contribution in [-0.2, 0) is 10.0 Å². The van der Waals surface area contributed by atoms with Crippen LogP contribution in [0.5, 0.6) is 5.75 Å². The summed E-state index contributed by atoms with van der Waals surface area (Å²) < 4.78 is 32.4. The lowest BCUT2D eigenvalue weighted by Gasteiger charge is -2.26. The fraction of sp³-hybridized carbons (Fsp3) is 0.625. The monoisotopic (exact) mass is 362 g/mol. The van der Waals surface area contributed by atoms with Gasteiger partial charge in [0.1, 0.15) is 5.75 Å². The number of sulfonamides is 1. The Morgan fingerprint density at radius 3 is 2.26 bits per heavy atom. The van der Waals surface area contributed by atoms with Crippen LogP contribution >= 0.6 is 12.4 Å². The van der Waals surface area contributed by atoms with Crippen molar-refractivity contribution in [1.82, 2.24) is 4.31 Å². The van der Waals surface area contributed by atoms with Crippen LogP contribution in [0.25, 0.3) is 0 Å². The van der Waals surface area contributed by atoms with Crippen molar-refractivity contribution in [3.63, 3.8) is 0 Å². The van der Waals surface area contributed by atoms with Gasteiger partial charge in [0.25, 0.3) is 0 Å². The second-order valence-electron chi connectivity index (χ2n) is 6.34. The first-order valence-corrected chi connectivity index (χ1v) is 9.21. The predicted octanol–water partition coefficient (Wildman–Crippen LogP) is 2.50. The molecule has 0 amide bonds. The van der Waals surface area contributed by atoms with E-state index in [1.165, 1.54) is 4.31 Å². The topological polar surface area (TPSA) is 72.6 Å². The summed E-state index contributed by atoms with van der Waals surface area (Å²) in [6.07, 6.45) is 2.12. The molecule has 0 heterocycles. The first-order chi connectivity index (χ1) is 10.4. The van der Waals surface area contributed by atoms with Crippen LogP contribution in [0.15, 0.2) is 29.2 Å². The summed E-state index contributed by atoms with van der Waals surface area (Å²) in [5.74, 6) is 1.52. The summed E-state index contributed by atoms with van der Waals surface area (Å²) in [5, 5.41) is 0. The Bertz CT molecular complexity index is 586. The SMILES string of the molecule is CC(C)COc1ccc(S(=O)(=O)N(C)C(CN)C2CC2)cc1.Cl. The zero-order valence-electron chi connectivity index (χ0n) is 13.9. The summed E-state index contributed by atoms with van der Waals surface area (Å²) in [4.78, 5) is 0.283. The molecule has 132 valence electrons. The van der Waals surface area contributed by atoms with E-state index in [1.807, 2.05) is 0 Å². The predicted molar refractivity (Wildman–Crippen MR) is 94.5 cm³/mol. The first-order valence-electron chi connectivity index (χ1n) is 7.77. The maximum Gasteiger partial charge on any atom is 0.243 e. The Morgan fingerprint density at radius 1 is 1.26 bits per heavy atom. The molecule has 0 bridgehead atoms. The highest BCUT2D eigenvalue weighted by Gasteiger charge is 2.38. The van der Waals surface area contributed by atoms with Crippen molar-refractivity contribution in [3.05, 3.63) is 24.3 Å². The lowest BCUT2D eigenvalue weighted by Crippen LogP contribution is -2.43. The van der Waals surface area contributed by atoms with Gasteiger partial charge in [-0.15, -0.1) is 12.4 Å². The molecule has 23 heavy (non-hydrogen) atoms. The molecule has 0 radical (unpaired) electrons. The van der Waals surface area contributed by atoms with Crippen LogP contribution in [0.4, 0.5) is 0 Å². The van der Waals surface area contributed by atoms with Crippen LogP contribution in [-0.4, -0.2) is 39.0 Å². The van der Waals surface area contributed by atoms with Gasteiger partial charge in [0.2, 0.25) is 10.0 Å². The molecule has 1 aliphatic carbocycles. The summed E-state index contributed by atoms with van der Waals surface area (Å²) in [6, 6.07) is 6.50. The van der Waals surface area contributed by atoms with Crippen LogP contribution in [0.3, 0.4) is 0 Å². The molecule has 0 spiro atoms. The summed E-state index contributed by atoms with van der Waals surface area (Å²) in [5.41, 5.74) is 5.76. The van der Waals surface area contributed by atoms with Gasteiger partial charge in [0, 0.05) is 19.6 Å². The van der Waals surface area contributed by atoms with Crippen molar-refractivity contribution >= 4 is 22.4 Å². The molecule has 1 aromatic carbocycles. The fourth-order valence-corrected chi connectivity index (χ4v) is 3.86. The van der Waals surface area contributed by atoms with Gasteiger partial charge in [-0.3, -0.25) is 0 Å². The lowest BCUT2D eigenvalue weighted by molar-refractivity contribution is 0.271. The average molecular weight is 363 g/mol. The molecule has 0 aliphatic heterocycles. The minimum atomic E-state index is -3.51. The summed E-state index contributed by atoms with van der Waals surface area (Å²) >= 11 is 0. The summed E-state index contributed by atoms with van der Waals surface area (Å²) in [7, 11) is -1.89. The van der Waals surface area contributed by atoms with Gasteiger partial charge in [-0.1, -0.05) is 13.8 Å². The Balaban J connectivity index is 0.00000264. The Hall–Kier alpha value is -0.820. The maximum atomic E-state index is 12.7. The van der Waals surface area contributed by atoms with E-state index in [-0.39, 0.29) is 23.3 Å². The van der Waals surface area contributed by atoms with E-state index < -0.39 is 10.0 Å². The highest BCUT2D eigenvalue weighted by Crippen LogP contribution is 2.36. The standard InChI is InChI=1S/C16H26N2O3S.ClH/c1-12(2)11-21-14-6-8-15(9-7-14)22(19,20)18(3)16(10-17)13-4-5-13;/h6-9,12-13,16H,4-5,10-11,17H2,1-3H3;1H. The van der Waals surface area contributed by atoms with Crippen molar-refractivity contribution in [1.29, 1.82) is 0 Å². The zero-order valence-corrected chi connectivity index (χ0v) is 15.6. The highest BCUT2D eigenvalue weighted by atomic mass is 35.5. The van der Waals surface area contributed by atoms with E-state index in [0.717, 1.165) is 12.8 Å². The van der Waals surface area contributed by atoms with Gasteiger partial charge in [0.15, 0.2) is 0 Å². The largest absolute Gasteiger partial charge is 0.493 e. The molecular formula is C16H27ClN2O3S. The smallest absolute Gasteiger partial charge is 0.243 e. The molecule has 0 saturated heterocycles. The van der Waals surface area contributed by atoms with Gasteiger partial charge in [-0.05, 0) is 48.9 Å². The molecular weight excluding hydrogens is 336 g/mol. The Morgan fingerprint density at radius 2 is 1.83 bits per heavy atom. The van der Waals surface area contributed by atoms with Crippen molar-refractivity contribution < 1.29 is 13.2 Å². The highest BCUT2D eigenvalue weighted by molar-refractivity contribution is 7.89. The molecule has 2 N–H and O–H groups in total. The van der Waals surface area contributed by atoms with E-state index >= 15 is 0 Å². The normalized spacial score (nSPS) is 16.3. The molecule has 1 saturated carbocycles. The Labute approximate surface area is 145 Å². The van der Waals surface area contributed by atoms with Crippen LogP contribution in [0, 0.1) is 11.8 Å². The zero-order chi connectivity index (χ0) is 16.3. The number of benzene rings is 1. The third kappa shape index (κ3) is 5.08. The summed E-state index contributed by atoms with van der Waals surface area (Å²) in [6.45, 7) is 5.11. The molecule has 1 aromatic rings. The molecule has 1 unspecified atom stereocenters. The fourth-order valence-electron chi connectivity index (χ4n) is 2.43. The number of nitrogens with zero attached hydrogens (tertiary/aromatic N) is 1. The lowest BCUT2D eigenvalue weighted by atomic mass is 10.2. The van der Waals surface area contributed by atoms with Crippen molar-refractivity contribution in [2.45, 2.75) is 37.6 Å². The van der Waals surface area contributed by atoms with E-state index in [1.54, 1.807) is 31.3 Å². The number of likely N-dealkylation sites (N-methyl/N-ethyl adjacent to an activating group) is 1. The van der Waals surface area contributed by atoms with Gasteiger partial charge >= 0.3 is 0 Å². The second-order valence-corrected chi connectivity index (χ2v) is 8.34. The Kier molecular flexibility index (Phi) is 7.32. The molecule has 1 aliphatic rings. The minimum absolute atomic E-state index is 0. The molecule has 0 aromatic heterocycles. The van der Waals surface area contributed by atoms with Crippen LogP contribution in [0.2, 0.25) is 0 Å². The van der Waals surface area contributed by atoms with Gasteiger partial charge in [-0.2, -0.15) is 4.31 Å². The van der Waals surface area contributed by atoms with E-state index in [2.05, 4.69) is 13.8 Å². The third-order valence-electron chi connectivity index (χ3n) is 3.96. The number of nitrogens with two attached hydrogens (primary N) is 1. The van der Waals surface area contributed by atoms with Crippen molar-refractivity contribution in [3.8, 4) is 5.75 Å². The number of hydrogen-bond acceptors (Lipinski definition) is 4. The van der Waals surface area contributed by atoms with E-state index in [9.17, 15) is 8.42 Å². The number of rotatable bonds is 8. The average Bonchev–Trinajstić information content (AvgIpc) is 3.31. The maximum absolute atomic E-state index is 12.7. The molecule has 7 heteroatoms. The van der Waals surface area contributed by atoms with Crippen LogP contribution in [0.1, 0.15) is 26.7 Å². The molecule has 2 rings (SSSR count). The van der Waals surface area contributed by atoms with Gasteiger partial charge < -0.3 is 10.5 Å². The third-order valence-corrected chi connectivity index (χ3v) is 5.86. The number of hydrogen-bond donors (Lipinski definition) is 1. The van der Waals surface area contributed by atoms with Gasteiger partial charge in [0.05, 0.1) is 11.5 Å². The molecule has 1 atom stereocenters. The van der Waals surface area contributed by atoms with E-state index in [4.69, 9.17) is 10.5 Å². The molecule has 1 fully saturated rings.